The molecule has 22 heavy (non-hydrogen) atoms. The molecule has 118 valence electrons. The fraction of sp³-hybridized carbons (Fsp3) is 0.429. The molecule has 1 aromatic heterocycles. The first-order valence-electron chi connectivity index (χ1n) is 7.05. The summed E-state index contributed by atoms with van der Waals surface area (Å²) in [6, 6.07) is 5.13. The Morgan fingerprint density at radius 2 is 2.23 bits per heavy atom. The summed E-state index contributed by atoms with van der Waals surface area (Å²) in [4.78, 5) is 0.00630. The maximum absolute atomic E-state index is 13.3. The molecule has 1 aliphatic heterocycles. The first-order chi connectivity index (χ1) is 10.5. The summed E-state index contributed by atoms with van der Waals surface area (Å²) >= 11 is 0. The number of halogens is 1. The number of hydrogen-bond acceptors (Lipinski definition) is 4. The van der Waals surface area contributed by atoms with Crippen molar-refractivity contribution >= 4 is 10.0 Å². The van der Waals surface area contributed by atoms with Gasteiger partial charge in [0, 0.05) is 26.6 Å². The molecule has 0 aliphatic carbocycles. The molecule has 0 spiro atoms. The predicted octanol–water partition coefficient (Wildman–Crippen LogP) is 1.21. The van der Waals surface area contributed by atoms with Gasteiger partial charge in [0.15, 0.2) is 0 Å². The lowest BCUT2D eigenvalue weighted by molar-refractivity contribution is 0.451. The van der Waals surface area contributed by atoms with Gasteiger partial charge < -0.3 is 4.57 Å². The van der Waals surface area contributed by atoms with Crippen molar-refractivity contribution < 1.29 is 12.8 Å². The average molecular weight is 324 g/mol. The second-order valence-electron chi connectivity index (χ2n) is 5.54. The van der Waals surface area contributed by atoms with E-state index in [9.17, 15) is 12.8 Å². The molecule has 1 aromatic carbocycles. The van der Waals surface area contributed by atoms with Crippen LogP contribution in [0.25, 0.3) is 0 Å². The molecule has 6 nitrogen and oxygen atoms in total. The van der Waals surface area contributed by atoms with Crippen molar-refractivity contribution in [1.29, 1.82) is 0 Å². The smallest absolute Gasteiger partial charge is 0.243 e. The minimum Gasteiger partial charge on any atom is -0.321 e. The normalized spacial score (nSPS) is 19.6. The Kier molecular flexibility index (Phi) is 3.96. The van der Waals surface area contributed by atoms with E-state index in [0.717, 1.165) is 18.3 Å². The number of aryl methyl sites for hydroxylation is 1. The third-order valence-electron chi connectivity index (χ3n) is 3.96. The van der Waals surface area contributed by atoms with Gasteiger partial charge in [0.2, 0.25) is 10.0 Å². The van der Waals surface area contributed by atoms with Gasteiger partial charge >= 0.3 is 0 Å². The van der Waals surface area contributed by atoms with Crippen LogP contribution < -0.4 is 0 Å². The lowest BCUT2D eigenvalue weighted by Crippen LogP contribution is -2.29. The number of rotatable bonds is 4. The summed E-state index contributed by atoms with van der Waals surface area (Å²) in [5, 5.41) is 7.86. The third kappa shape index (κ3) is 2.89. The van der Waals surface area contributed by atoms with Gasteiger partial charge in [-0.1, -0.05) is 6.07 Å². The zero-order valence-corrected chi connectivity index (χ0v) is 13.0. The molecular formula is C14H17FN4O2S. The summed E-state index contributed by atoms with van der Waals surface area (Å²) in [7, 11) is -1.77. The van der Waals surface area contributed by atoms with Crippen LogP contribution in [0.1, 0.15) is 12.2 Å². The van der Waals surface area contributed by atoms with Gasteiger partial charge in [-0.3, -0.25) is 0 Å². The summed E-state index contributed by atoms with van der Waals surface area (Å²) in [6.07, 6.45) is 3.08. The second-order valence-corrected chi connectivity index (χ2v) is 7.48. The van der Waals surface area contributed by atoms with Crippen LogP contribution in [0.2, 0.25) is 0 Å². The van der Waals surface area contributed by atoms with Gasteiger partial charge in [0.1, 0.15) is 18.0 Å². The Bertz CT molecular complexity index is 775. The van der Waals surface area contributed by atoms with Crippen molar-refractivity contribution in [2.45, 2.75) is 17.7 Å². The standard InChI is InChI=1S/C14H17FN4O2S/c1-18-10-16-17-14(18)7-11-5-6-19(9-11)22(20,21)13-4-2-3-12(15)8-13/h2-4,8,10-11H,5-7,9H2,1H3. The average Bonchev–Trinajstić information content (AvgIpc) is 3.10. The number of nitrogens with zero attached hydrogens (tertiary/aromatic N) is 4. The highest BCUT2D eigenvalue weighted by Crippen LogP contribution is 2.26. The van der Waals surface area contributed by atoms with Crippen LogP contribution >= 0.6 is 0 Å². The van der Waals surface area contributed by atoms with Crippen LogP contribution in [0, 0.1) is 11.7 Å². The van der Waals surface area contributed by atoms with Crippen molar-refractivity contribution in [3.63, 3.8) is 0 Å². The number of aromatic nitrogens is 3. The van der Waals surface area contributed by atoms with Crippen molar-refractivity contribution in [3.8, 4) is 0 Å². The Labute approximate surface area is 128 Å². The molecule has 0 bridgehead atoms. The molecule has 3 rings (SSSR count). The van der Waals surface area contributed by atoms with Crippen LogP contribution in [-0.4, -0.2) is 40.6 Å². The summed E-state index contributed by atoms with van der Waals surface area (Å²) in [6.45, 7) is 0.868. The first-order valence-corrected chi connectivity index (χ1v) is 8.49. The van der Waals surface area contributed by atoms with Gasteiger partial charge in [-0.05, 0) is 30.5 Å². The largest absolute Gasteiger partial charge is 0.321 e. The molecule has 2 heterocycles. The predicted molar refractivity (Wildman–Crippen MR) is 78.0 cm³/mol. The maximum Gasteiger partial charge on any atom is 0.243 e. The lowest BCUT2D eigenvalue weighted by atomic mass is 10.1. The van der Waals surface area contributed by atoms with Crippen molar-refractivity contribution in [2.24, 2.45) is 13.0 Å². The molecule has 1 unspecified atom stereocenters. The third-order valence-corrected chi connectivity index (χ3v) is 5.82. The first kappa shape index (κ1) is 15.1. The van der Waals surface area contributed by atoms with Gasteiger partial charge in [-0.25, -0.2) is 12.8 Å². The van der Waals surface area contributed by atoms with Gasteiger partial charge in [0.05, 0.1) is 4.90 Å². The van der Waals surface area contributed by atoms with E-state index in [1.165, 1.54) is 22.5 Å². The van der Waals surface area contributed by atoms with Crippen LogP contribution in [-0.2, 0) is 23.5 Å². The molecule has 0 amide bonds. The minimum absolute atomic E-state index is 0.00630. The van der Waals surface area contributed by atoms with E-state index in [0.29, 0.717) is 19.5 Å². The van der Waals surface area contributed by atoms with E-state index < -0.39 is 15.8 Å². The number of benzene rings is 1. The molecule has 0 radical (unpaired) electrons. The van der Waals surface area contributed by atoms with Crippen LogP contribution in [0.15, 0.2) is 35.5 Å². The van der Waals surface area contributed by atoms with E-state index in [1.54, 1.807) is 6.33 Å². The van der Waals surface area contributed by atoms with E-state index in [1.807, 2.05) is 11.6 Å². The van der Waals surface area contributed by atoms with Gasteiger partial charge in [-0.2, -0.15) is 4.31 Å². The maximum atomic E-state index is 13.3. The molecule has 0 N–H and O–H groups in total. The SMILES string of the molecule is Cn1cnnc1CC1CCN(S(=O)(=O)c2cccc(F)c2)C1. The van der Waals surface area contributed by atoms with Gasteiger partial charge in [0.25, 0.3) is 0 Å². The van der Waals surface area contributed by atoms with E-state index in [-0.39, 0.29) is 10.8 Å². The Hall–Kier alpha value is -1.80. The van der Waals surface area contributed by atoms with Crippen molar-refractivity contribution in [2.75, 3.05) is 13.1 Å². The van der Waals surface area contributed by atoms with Crippen LogP contribution in [0.4, 0.5) is 4.39 Å². The van der Waals surface area contributed by atoms with Crippen LogP contribution in [0.5, 0.6) is 0 Å². The highest BCUT2D eigenvalue weighted by atomic mass is 32.2. The highest BCUT2D eigenvalue weighted by Gasteiger charge is 2.33. The Morgan fingerprint density at radius 3 is 2.91 bits per heavy atom. The molecule has 8 heteroatoms. The molecule has 2 aromatic rings. The summed E-state index contributed by atoms with van der Waals surface area (Å²) in [5.41, 5.74) is 0. The Morgan fingerprint density at radius 1 is 1.41 bits per heavy atom. The minimum atomic E-state index is -3.63. The van der Waals surface area contributed by atoms with Crippen molar-refractivity contribution in [3.05, 3.63) is 42.2 Å². The van der Waals surface area contributed by atoms with Gasteiger partial charge in [-0.15, -0.1) is 10.2 Å². The lowest BCUT2D eigenvalue weighted by Gasteiger charge is -2.16. The second kappa shape index (κ2) is 5.77. The molecular weight excluding hydrogens is 307 g/mol. The molecule has 1 fully saturated rings. The fourth-order valence-corrected chi connectivity index (χ4v) is 4.27. The van der Waals surface area contributed by atoms with Crippen molar-refractivity contribution in [1.82, 2.24) is 19.1 Å². The van der Waals surface area contributed by atoms with E-state index in [4.69, 9.17) is 0 Å². The molecule has 1 aliphatic rings. The highest BCUT2D eigenvalue weighted by molar-refractivity contribution is 7.89. The quantitative estimate of drug-likeness (QED) is 0.848. The van der Waals surface area contributed by atoms with E-state index in [2.05, 4.69) is 10.2 Å². The zero-order chi connectivity index (χ0) is 15.7. The fourth-order valence-electron chi connectivity index (χ4n) is 2.71. The summed E-state index contributed by atoms with van der Waals surface area (Å²) < 4.78 is 41.6. The monoisotopic (exact) mass is 324 g/mol. The molecule has 1 atom stereocenters. The summed E-state index contributed by atoms with van der Waals surface area (Å²) in [5.74, 6) is 0.497. The number of hydrogen-bond donors (Lipinski definition) is 0. The topological polar surface area (TPSA) is 68.1 Å². The van der Waals surface area contributed by atoms with Crippen LogP contribution in [0.3, 0.4) is 0 Å². The molecule has 1 saturated heterocycles. The number of sulfonamides is 1. The zero-order valence-electron chi connectivity index (χ0n) is 12.2. The Balaban J connectivity index is 1.73. The molecule has 0 saturated carbocycles. The van der Waals surface area contributed by atoms with E-state index >= 15 is 0 Å².